The minimum Gasteiger partial charge on any atom is -0.465 e. The van der Waals surface area contributed by atoms with Crippen molar-refractivity contribution in [1.82, 2.24) is 15.5 Å². The molecule has 4 N–H and O–H groups in total. The quantitative estimate of drug-likeness (QED) is 0.503. The summed E-state index contributed by atoms with van der Waals surface area (Å²) in [5.41, 5.74) is 1.01. The molecule has 32 heavy (non-hydrogen) atoms. The van der Waals surface area contributed by atoms with E-state index in [0.717, 1.165) is 12.8 Å². The Hall–Kier alpha value is -3.62. The van der Waals surface area contributed by atoms with Gasteiger partial charge in [0.1, 0.15) is 5.82 Å². The second kappa shape index (κ2) is 11.1. The summed E-state index contributed by atoms with van der Waals surface area (Å²) in [6.07, 6.45) is 0.245. The first-order valence-corrected chi connectivity index (χ1v) is 10.5. The van der Waals surface area contributed by atoms with Crippen molar-refractivity contribution in [1.29, 1.82) is 0 Å². The molecule has 2 aromatic rings. The highest BCUT2D eigenvalue weighted by molar-refractivity contribution is 5.89. The van der Waals surface area contributed by atoms with Crippen LogP contribution in [0.2, 0.25) is 0 Å². The van der Waals surface area contributed by atoms with Crippen molar-refractivity contribution < 1.29 is 23.9 Å². The van der Waals surface area contributed by atoms with Crippen molar-refractivity contribution in [3.63, 3.8) is 0 Å². The molecule has 0 aromatic heterocycles. The molecule has 1 fully saturated rings. The van der Waals surface area contributed by atoms with Gasteiger partial charge in [-0.2, -0.15) is 0 Å². The molecule has 1 aliphatic heterocycles. The Morgan fingerprint density at radius 3 is 2.53 bits per heavy atom. The highest BCUT2D eigenvalue weighted by Crippen LogP contribution is 2.20. The Kier molecular flexibility index (Phi) is 8.02. The summed E-state index contributed by atoms with van der Waals surface area (Å²) in [5, 5.41) is 17.0. The predicted octanol–water partition coefficient (Wildman–Crippen LogP) is 3.21. The molecule has 2 aromatic carbocycles. The molecule has 8 nitrogen and oxygen atoms in total. The molecule has 0 aliphatic carbocycles. The monoisotopic (exact) mass is 442 g/mol. The maximum absolute atomic E-state index is 14.0. The van der Waals surface area contributed by atoms with Crippen LogP contribution in [-0.4, -0.2) is 53.2 Å². The summed E-state index contributed by atoms with van der Waals surface area (Å²) in [7, 11) is 0. The molecular weight excluding hydrogens is 415 g/mol. The van der Waals surface area contributed by atoms with E-state index in [1.807, 2.05) is 18.2 Å². The Morgan fingerprint density at radius 2 is 1.81 bits per heavy atom. The van der Waals surface area contributed by atoms with E-state index in [4.69, 9.17) is 5.11 Å². The number of nitrogens with one attached hydrogen (secondary N) is 3. The Labute approximate surface area is 185 Å². The maximum atomic E-state index is 14.0. The zero-order valence-electron chi connectivity index (χ0n) is 17.6. The predicted molar refractivity (Wildman–Crippen MR) is 118 cm³/mol. The molecule has 1 heterocycles. The Bertz CT molecular complexity index is 941. The number of anilines is 1. The number of likely N-dealkylation sites (tertiary alicyclic amines) is 1. The summed E-state index contributed by atoms with van der Waals surface area (Å²) >= 11 is 0. The number of carbonyl (C=O) groups excluding carboxylic acids is 2. The summed E-state index contributed by atoms with van der Waals surface area (Å²) in [4.78, 5) is 37.9. The van der Waals surface area contributed by atoms with E-state index in [1.165, 1.54) is 6.07 Å². The number of nitrogens with zero attached hydrogens (tertiary/aromatic N) is 1. The number of rotatable bonds is 8. The molecule has 1 unspecified atom stereocenters. The third kappa shape index (κ3) is 6.69. The van der Waals surface area contributed by atoms with Crippen LogP contribution in [0.5, 0.6) is 0 Å². The summed E-state index contributed by atoms with van der Waals surface area (Å²) in [6.45, 7) is 0.819. The lowest BCUT2D eigenvalue weighted by Crippen LogP contribution is -2.46. The van der Waals surface area contributed by atoms with Gasteiger partial charge in [-0.25, -0.2) is 14.0 Å². The zero-order valence-corrected chi connectivity index (χ0v) is 17.6. The van der Waals surface area contributed by atoms with E-state index in [0.29, 0.717) is 17.8 Å². The number of carbonyl (C=O) groups is 3. The molecule has 0 bridgehead atoms. The van der Waals surface area contributed by atoms with E-state index >= 15 is 0 Å². The van der Waals surface area contributed by atoms with E-state index in [2.05, 4.69) is 16.0 Å². The molecule has 4 amide bonds. The van der Waals surface area contributed by atoms with Crippen molar-refractivity contribution in [2.45, 2.75) is 37.8 Å². The molecule has 9 heteroatoms. The van der Waals surface area contributed by atoms with Gasteiger partial charge in [0.2, 0.25) is 5.91 Å². The van der Waals surface area contributed by atoms with Crippen molar-refractivity contribution >= 4 is 23.7 Å². The van der Waals surface area contributed by atoms with Crippen LogP contribution < -0.4 is 16.0 Å². The lowest BCUT2D eigenvalue weighted by Gasteiger charge is -2.27. The van der Waals surface area contributed by atoms with Crippen LogP contribution in [0.3, 0.4) is 0 Å². The summed E-state index contributed by atoms with van der Waals surface area (Å²) in [5.74, 6) is -0.669. The van der Waals surface area contributed by atoms with Gasteiger partial charge in [-0.15, -0.1) is 0 Å². The summed E-state index contributed by atoms with van der Waals surface area (Å²) < 4.78 is 14.0. The maximum Gasteiger partial charge on any atom is 0.404 e. The SMILES string of the molecule is O=C(O)NC(CC(=O)N1CCC[C@H]1CNC(=O)Nc1ccccc1)Cc1ccccc1F. The van der Waals surface area contributed by atoms with Crippen LogP contribution >= 0.6 is 0 Å². The number of halogens is 1. The van der Waals surface area contributed by atoms with Crippen molar-refractivity contribution in [2.24, 2.45) is 0 Å². The average molecular weight is 442 g/mol. The van der Waals surface area contributed by atoms with E-state index in [1.54, 1.807) is 35.2 Å². The Balaban J connectivity index is 1.56. The fourth-order valence-corrected chi connectivity index (χ4v) is 3.89. The molecule has 1 saturated heterocycles. The number of para-hydroxylation sites is 1. The minimum atomic E-state index is -1.27. The summed E-state index contributed by atoms with van der Waals surface area (Å²) in [6, 6.07) is 13.8. The standard InChI is InChI=1S/C23H27FN4O4/c24-20-11-5-4-7-16(20)13-18(27-23(31)32)14-21(29)28-12-6-10-19(28)15-25-22(30)26-17-8-2-1-3-9-17/h1-5,7-9,11,18-19,27H,6,10,12-15H2,(H,31,32)(H2,25,26,30)/t18?,19-/m0/s1. The van der Waals surface area contributed by atoms with Crippen LogP contribution in [0, 0.1) is 5.82 Å². The number of benzene rings is 2. The van der Waals surface area contributed by atoms with Crippen molar-refractivity contribution in [3.8, 4) is 0 Å². The second-order valence-electron chi connectivity index (χ2n) is 7.73. The van der Waals surface area contributed by atoms with E-state index < -0.39 is 18.0 Å². The van der Waals surface area contributed by atoms with Gasteiger partial charge in [0, 0.05) is 37.3 Å². The molecular formula is C23H27FN4O4. The van der Waals surface area contributed by atoms with Gasteiger partial charge in [0.15, 0.2) is 0 Å². The molecule has 0 spiro atoms. The first-order chi connectivity index (χ1) is 15.4. The molecule has 0 radical (unpaired) electrons. The largest absolute Gasteiger partial charge is 0.465 e. The minimum absolute atomic E-state index is 0.0704. The smallest absolute Gasteiger partial charge is 0.404 e. The van der Waals surface area contributed by atoms with Gasteiger partial charge in [0.05, 0.1) is 0 Å². The van der Waals surface area contributed by atoms with Crippen LogP contribution in [0.15, 0.2) is 54.6 Å². The fraction of sp³-hybridized carbons (Fsp3) is 0.348. The third-order valence-corrected chi connectivity index (χ3v) is 5.40. The first kappa shape index (κ1) is 23.1. The normalized spacial score (nSPS) is 16.3. The fourth-order valence-electron chi connectivity index (χ4n) is 3.89. The molecule has 1 aliphatic rings. The topological polar surface area (TPSA) is 111 Å². The average Bonchev–Trinajstić information content (AvgIpc) is 3.23. The van der Waals surface area contributed by atoms with Gasteiger partial charge in [-0.1, -0.05) is 36.4 Å². The van der Waals surface area contributed by atoms with Crippen LogP contribution in [0.1, 0.15) is 24.8 Å². The van der Waals surface area contributed by atoms with E-state index in [9.17, 15) is 18.8 Å². The molecule has 0 saturated carbocycles. The number of urea groups is 1. The van der Waals surface area contributed by atoms with Gasteiger partial charge < -0.3 is 26.0 Å². The highest BCUT2D eigenvalue weighted by atomic mass is 19.1. The van der Waals surface area contributed by atoms with Gasteiger partial charge in [-0.05, 0) is 43.0 Å². The number of hydrogen-bond donors (Lipinski definition) is 4. The highest BCUT2D eigenvalue weighted by Gasteiger charge is 2.31. The lowest BCUT2D eigenvalue weighted by atomic mass is 10.0. The van der Waals surface area contributed by atoms with Gasteiger partial charge >= 0.3 is 12.1 Å². The molecule has 2 atom stereocenters. The number of hydrogen-bond acceptors (Lipinski definition) is 3. The van der Waals surface area contributed by atoms with Crippen LogP contribution in [0.25, 0.3) is 0 Å². The zero-order chi connectivity index (χ0) is 22.9. The third-order valence-electron chi connectivity index (χ3n) is 5.40. The number of amides is 4. The number of carboxylic acid groups (broad SMARTS) is 1. The van der Waals surface area contributed by atoms with Crippen molar-refractivity contribution in [2.75, 3.05) is 18.4 Å². The second-order valence-corrected chi connectivity index (χ2v) is 7.73. The van der Waals surface area contributed by atoms with Gasteiger partial charge in [-0.3, -0.25) is 4.79 Å². The van der Waals surface area contributed by atoms with Crippen molar-refractivity contribution in [3.05, 3.63) is 66.0 Å². The van der Waals surface area contributed by atoms with Crippen LogP contribution in [0.4, 0.5) is 19.7 Å². The van der Waals surface area contributed by atoms with Crippen LogP contribution in [-0.2, 0) is 11.2 Å². The first-order valence-electron chi connectivity index (χ1n) is 10.5. The molecule has 170 valence electrons. The Morgan fingerprint density at radius 1 is 1.09 bits per heavy atom. The van der Waals surface area contributed by atoms with Gasteiger partial charge in [0.25, 0.3) is 0 Å². The van der Waals surface area contributed by atoms with E-state index in [-0.39, 0.29) is 37.4 Å². The lowest BCUT2D eigenvalue weighted by molar-refractivity contribution is -0.132. The molecule has 3 rings (SSSR count).